The molecule has 218 valence electrons. The molecule has 0 radical (unpaired) electrons. The number of hydrogen-bond donors (Lipinski definition) is 2. The van der Waals surface area contributed by atoms with Crippen LogP contribution in [0, 0.1) is 30.6 Å². The molecule has 8 nitrogen and oxygen atoms in total. The molecule has 7 rings (SSSR count). The number of imide groups is 2. The third-order valence-corrected chi connectivity index (χ3v) is 10.0. The highest BCUT2D eigenvalue weighted by Crippen LogP contribution is 2.64. The van der Waals surface area contributed by atoms with Crippen LogP contribution in [-0.4, -0.2) is 45.2 Å². The Morgan fingerprint density at radius 1 is 0.884 bits per heavy atom. The first-order valence-corrected chi connectivity index (χ1v) is 14.9. The van der Waals surface area contributed by atoms with Crippen LogP contribution >= 0.6 is 0 Å². The summed E-state index contributed by atoms with van der Waals surface area (Å²) in [6.07, 6.45) is 2.67. The third kappa shape index (κ3) is 3.82. The summed E-state index contributed by atoms with van der Waals surface area (Å²) in [6.45, 7) is 4.06. The highest BCUT2D eigenvalue weighted by Gasteiger charge is 2.70. The van der Waals surface area contributed by atoms with Gasteiger partial charge < -0.3 is 5.11 Å². The fraction of sp³-hybridized carbons (Fsp3) is 0.314. The van der Waals surface area contributed by atoms with E-state index in [0.29, 0.717) is 29.8 Å². The molecule has 3 aromatic rings. The number of nitrogens with one attached hydrogen (secondary N) is 1. The van der Waals surface area contributed by atoms with Crippen LogP contribution in [0.15, 0.2) is 90.5 Å². The fourth-order valence-electron chi connectivity index (χ4n) is 8.20. The summed E-state index contributed by atoms with van der Waals surface area (Å²) < 4.78 is 0. The number of hydrogen-bond acceptors (Lipinski definition) is 6. The zero-order valence-corrected chi connectivity index (χ0v) is 24.1. The molecule has 0 aromatic heterocycles. The Labute approximate surface area is 250 Å². The van der Waals surface area contributed by atoms with Gasteiger partial charge in [-0.05, 0) is 68.0 Å². The Balaban J connectivity index is 1.45. The van der Waals surface area contributed by atoms with Crippen molar-refractivity contribution in [2.45, 2.75) is 38.0 Å². The van der Waals surface area contributed by atoms with E-state index in [4.69, 9.17) is 0 Å². The predicted octanol–water partition coefficient (Wildman–Crippen LogP) is 4.71. The molecule has 43 heavy (non-hydrogen) atoms. The number of rotatable bonds is 5. The summed E-state index contributed by atoms with van der Waals surface area (Å²) in [5.41, 5.74) is 5.68. The molecule has 0 spiro atoms. The normalized spacial score (nSPS) is 29.7. The first-order chi connectivity index (χ1) is 20.8. The van der Waals surface area contributed by atoms with Gasteiger partial charge in [-0.3, -0.25) is 29.5 Å². The first-order valence-electron chi connectivity index (χ1n) is 14.9. The van der Waals surface area contributed by atoms with E-state index in [1.807, 2.05) is 73.7 Å². The molecule has 8 heteroatoms. The van der Waals surface area contributed by atoms with Gasteiger partial charge in [0, 0.05) is 12.5 Å². The Kier molecular flexibility index (Phi) is 6.27. The minimum absolute atomic E-state index is 0.0457. The summed E-state index contributed by atoms with van der Waals surface area (Å²) in [5.74, 6) is -4.02. The molecule has 1 saturated carbocycles. The molecule has 0 bridgehead atoms. The first kappa shape index (κ1) is 27.1. The molecule has 3 fully saturated rings. The number of aryl methyl sites for hydroxylation is 1. The lowest BCUT2D eigenvalue weighted by molar-refractivity contribution is -0.141. The van der Waals surface area contributed by atoms with Gasteiger partial charge in [-0.1, -0.05) is 71.8 Å². The topological polar surface area (TPSA) is 107 Å². The standard InChI is InChI=1S/C35H33N3O5/c1-3-37-31(40)26-17-16-25-27(29(26)33(37)42)19-28-32(41)38(36-23-14-12-20(2)13-15-23)34(43)35(28,22-9-5-4-6-10-22)30(25)21-8-7-11-24(39)18-21/h4-16,18,26-30,36,39H,3,17,19H2,1-2H3. The lowest BCUT2D eigenvalue weighted by Crippen LogP contribution is -2.53. The lowest BCUT2D eigenvalue weighted by Gasteiger charge is -2.50. The Morgan fingerprint density at radius 2 is 1.63 bits per heavy atom. The monoisotopic (exact) mass is 575 g/mol. The van der Waals surface area contributed by atoms with Crippen molar-refractivity contribution in [3.63, 3.8) is 0 Å². The molecule has 4 amide bonds. The van der Waals surface area contributed by atoms with Crippen molar-refractivity contribution in [1.82, 2.24) is 9.91 Å². The summed E-state index contributed by atoms with van der Waals surface area (Å²) >= 11 is 0. The smallest absolute Gasteiger partial charge is 0.260 e. The molecule has 4 aliphatic rings. The van der Waals surface area contributed by atoms with Gasteiger partial charge in [0.25, 0.3) is 11.8 Å². The number of anilines is 1. The van der Waals surface area contributed by atoms with E-state index in [9.17, 15) is 24.3 Å². The van der Waals surface area contributed by atoms with Gasteiger partial charge >= 0.3 is 0 Å². The summed E-state index contributed by atoms with van der Waals surface area (Å²) in [4.78, 5) is 57.8. The number of nitrogens with zero attached hydrogens (tertiary/aromatic N) is 2. The number of allylic oxidation sites excluding steroid dienone is 2. The fourth-order valence-corrected chi connectivity index (χ4v) is 8.20. The van der Waals surface area contributed by atoms with E-state index < -0.39 is 35.0 Å². The number of carbonyl (C=O) groups excluding carboxylic acids is 4. The van der Waals surface area contributed by atoms with Crippen molar-refractivity contribution < 1.29 is 24.3 Å². The van der Waals surface area contributed by atoms with Gasteiger partial charge in [0.15, 0.2) is 0 Å². The van der Waals surface area contributed by atoms with E-state index in [0.717, 1.165) is 16.1 Å². The van der Waals surface area contributed by atoms with Crippen molar-refractivity contribution in [2.75, 3.05) is 12.0 Å². The Bertz CT molecular complexity index is 1680. The van der Waals surface area contributed by atoms with Crippen LogP contribution in [0.5, 0.6) is 5.75 Å². The third-order valence-electron chi connectivity index (χ3n) is 10.0. The zero-order valence-electron chi connectivity index (χ0n) is 24.1. The van der Waals surface area contributed by atoms with E-state index in [1.54, 1.807) is 25.1 Å². The number of phenols is 1. The maximum Gasteiger partial charge on any atom is 0.260 e. The number of phenolic OH excluding ortho intramolecular Hbond substituents is 1. The molecule has 2 N–H and O–H groups in total. The van der Waals surface area contributed by atoms with Crippen molar-refractivity contribution in [2.24, 2.45) is 23.7 Å². The van der Waals surface area contributed by atoms with Gasteiger partial charge in [-0.15, -0.1) is 0 Å². The number of fused-ring (bicyclic) bond motifs is 4. The van der Waals surface area contributed by atoms with Crippen LogP contribution in [0.1, 0.15) is 42.4 Å². The second-order valence-corrected chi connectivity index (χ2v) is 12.1. The molecular weight excluding hydrogens is 542 g/mol. The number of aromatic hydroxyl groups is 1. The number of amides is 4. The van der Waals surface area contributed by atoms with Crippen molar-refractivity contribution in [1.29, 1.82) is 0 Å². The average molecular weight is 576 g/mol. The second-order valence-electron chi connectivity index (χ2n) is 12.1. The van der Waals surface area contributed by atoms with Crippen LogP contribution in [0.4, 0.5) is 5.69 Å². The molecule has 2 heterocycles. The van der Waals surface area contributed by atoms with Crippen LogP contribution in [0.3, 0.4) is 0 Å². The van der Waals surface area contributed by atoms with Gasteiger partial charge in [-0.25, -0.2) is 0 Å². The van der Waals surface area contributed by atoms with E-state index >= 15 is 0 Å². The lowest BCUT2D eigenvalue weighted by atomic mass is 9.49. The van der Waals surface area contributed by atoms with E-state index in [2.05, 4.69) is 5.43 Å². The summed E-state index contributed by atoms with van der Waals surface area (Å²) in [6, 6.07) is 23.7. The van der Waals surface area contributed by atoms with Crippen molar-refractivity contribution in [3.05, 3.63) is 107 Å². The minimum atomic E-state index is -1.34. The minimum Gasteiger partial charge on any atom is -0.508 e. The SMILES string of the molecule is CCN1C(=O)C2CC=C3C(CC4C(=O)N(Nc5ccc(C)cc5)C(=O)C4(c4ccccc4)C3c3cccc(O)c3)C2C1=O. The number of hydrazine groups is 1. The summed E-state index contributed by atoms with van der Waals surface area (Å²) in [7, 11) is 0. The predicted molar refractivity (Wildman–Crippen MR) is 159 cm³/mol. The van der Waals surface area contributed by atoms with Crippen LogP contribution < -0.4 is 5.43 Å². The maximum atomic E-state index is 15.0. The highest BCUT2D eigenvalue weighted by molar-refractivity contribution is 6.13. The Morgan fingerprint density at radius 3 is 2.33 bits per heavy atom. The molecule has 2 saturated heterocycles. The molecule has 2 aliphatic heterocycles. The van der Waals surface area contributed by atoms with Crippen molar-refractivity contribution in [3.8, 4) is 5.75 Å². The van der Waals surface area contributed by atoms with E-state index in [-0.39, 0.29) is 35.8 Å². The quantitative estimate of drug-likeness (QED) is 0.337. The number of benzene rings is 3. The molecule has 3 aromatic carbocycles. The van der Waals surface area contributed by atoms with Gasteiger partial charge in [0.05, 0.1) is 28.9 Å². The van der Waals surface area contributed by atoms with E-state index in [1.165, 1.54) is 4.90 Å². The number of likely N-dealkylation sites (tertiary alicyclic amines) is 1. The molecule has 6 atom stereocenters. The average Bonchev–Trinajstić information content (AvgIpc) is 3.39. The van der Waals surface area contributed by atoms with Crippen LogP contribution in [0.25, 0.3) is 0 Å². The zero-order chi connectivity index (χ0) is 30.0. The van der Waals surface area contributed by atoms with Gasteiger partial charge in [0.2, 0.25) is 11.8 Å². The van der Waals surface area contributed by atoms with Gasteiger partial charge in [-0.2, -0.15) is 5.01 Å². The van der Waals surface area contributed by atoms with Crippen molar-refractivity contribution >= 4 is 29.3 Å². The molecular formula is C35H33N3O5. The largest absolute Gasteiger partial charge is 0.508 e. The molecule has 2 aliphatic carbocycles. The maximum absolute atomic E-state index is 15.0. The van der Waals surface area contributed by atoms with Gasteiger partial charge in [0.1, 0.15) is 5.75 Å². The molecule has 6 unspecified atom stereocenters. The summed E-state index contributed by atoms with van der Waals surface area (Å²) in [5, 5.41) is 11.8. The highest BCUT2D eigenvalue weighted by atomic mass is 16.3. The Hall–Kier alpha value is -4.72. The second kappa shape index (κ2) is 9.93. The van der Waals surface area contributed by atoms with Crippen LogP contribution in [0.2, 0.25) is 0 Å². The van der Waals surface area contributed by atoms with Crippen LogP contribution in [-0.2, 0) is 24.6 Å². The number of carbonyl (C=O) groups is 4.